The summed E-state index contributed by atoms with van der Waals surface area (Å²) in [6.45, 7) is 6.54. The largest absolute Gasteiger partial charge is 0.540 e. The van der Waals surface area contributed by atoms with E-state index in [0.29, 0.717) is 40.8 Å². The summed E-state index contributed by atoms with van der Waals surface area (Å²) in [4.78, 5) is 7.92. The van der Waals surface area contributed by atoms with Crippen LogP contribution in [0.25, 0.3) is 22.5 Å². The molecule has 2 radical (unpaired) electrons. The van der Waals surface area contributed by atoms with Crippen molar-refractivity contribution in [2.24, 2.45) is 11.8 Å². The van der Waals surface area contributed by atoms with Crippen LogP contribution in [-0.4, -0.2) is 61.6 Å². The molecule has 0 bridgehead atoms. The number of rotatable bonds is 18. The van der Waals surface area contributed by atoms with Crippen molar-refractivity contribution >= 4 is 9.76 Å². The van der Waals surface area contributed by atoms with Gasteiger partial charge in [-0.25, -0.2) is 14.4 Å². The molecule has 0 spiro atoms. The summed E-state index contributed by atoms with van der Waals surface area (Å²) in [6.07, 6.45) is -6.96. The second kappa shape index (κ2) is 16.5. The Bertz CT molecular complexity index is 1840. The first-order valence-electron chi connectivity index (χ1n) is 17.3. The van der Waals surface area contributed by atoms with Crippen molar-refractivity contribution < 1.29 is 79.4 Å². The molecule has 2 aromatic carbocycles. The van der Waals surface area contributed by atoms with Gasteiger partial charge in [0.1, 0.15) is 22.9 Å². The Morgan fingerprint density at radius 3 is 1.95 bits per heavy atom. The van der Waals surface area contributed by atoms with Crippen LogP contribution < -0.4 is 9.16 Å². The van der Waals surface area contributed by atoms with Crippen molar-refractivity contribution in [3.8, 4) is 34.0 Å². The number of hydrogen-bond acceptors (Lipinski definition) is 4. The number of aromatic nitrogens is 2. The van der Waals surface area contributed by atoms with Gasteiger partial charge in [-0.3, -0.25) is 0 Å². The van der Waals surface area contributed by atoms with Gasteiger partial charge >= 0.3 is 51.5 Å². The molecule has 0 N–H and O–H groups in total. The van der Waals surface area contributed by atoms with Gasteiger partial charge in [0.15, 0.2) is 11.9 Å². The van der Waals surface area contributed by atoms with E-state index in [2.05, 4.69) is 35.5 Å². The molecular weight excluding hydrogens is 824 g/mol. The van der Waals surface area contributed by atoms with Crippen molar-refractivity contribution in [2.45, 2.75) is 113 Å². The fourth-order valence-corrected chi connectivity index (χ4v) is 7.22. The lowest BCUT2D eigenvalue weighted by molar-refractivity contribution is -0.441. The molecule has 0 aliphatic carbocycles. The summed E-state index contributed by atoms with van der Waals surface area (Å²) < 4.78 is 233. The average Bonchev–Trinajstić information content (AvgIpc) is 3.37. The van der Waals surface area contributed by atoms with Crippen LogP contribution in [0.2, 0.25) is 6.04 Å². The van der Waals surface area contributed by atoms with Crippen molar-refractivity contribution in [1.29, 1.82) is 0 Å². The molecule has 316 valence electrons. The van der Waals surface area contributed by atoms with Crippen molar-refractivity contribution in [3.63, 3.8) is 0 Å². The minimum Gasteiger partial charge on any atom is -0.540 e. The monoisotopic (exact) mass is 858 g/mol. The van der Waals surface area contributed by atoms with E-state index in [9.17, 15) is 57.1 Å². The average molecular weight is 859 g/mol. The van der Waals surface area contributed by atoms with E-state index in [1.54, 1.807) is 24.3 Å². The number of hydrogen-bond donors (Lipinski definition) is 0. The summed E-state index contributed by atoms with van der Waals surface area (Å²) in [5, 5.41) is 0. The molecule has 1 aliphatic rings. The Kier molecular flexibility index (Phi) is 13.3. The predicted molar refractivity (Wildman–Crippen MR) is 175 cm³/mol. The van der Waals surface area contributed by atoms with Gasteiger partial charge in [0.2, 0.25) is 0 Å². The zero-order valence-electron chi connectivity index (χ0n) is 30.1. The molecule has 1 aromatic heterocycles. The summed E-state index contributed by atoms with van der Waals surface area (Å²) in [5.41, 5.74) is -1.91. The highest BCUT2D eigenvalue weighted by atomic mass is 28.2. The molecule has 2 heterocycles. The van der Waals surface area contributed by atoms with Crippen molar-refractivity contribution in [2.75, 3.05) is 0 Å². The smallest absolute Gasteiger partial charge is 0.460 e. The highest BCUT2D eigenvalue weighted by molar-refractivity contribution is 6.28. The van der Waals surface area contributed by atoms with E-state index < -0.39 is 82.8 Å². The second-order valence-corrected chi connectivity index (χ2v) is 14.9. The molecule has 1 aliphatic heterocycles. The number of halogens is 16. The van der Waals surface area contributed by atoms with Crippen LogP contribution in [0.5, 0.6) is 11.5 Å². The summed E-state index contributed by atoms with van der Waals surface area (Å²) >= 11 is 0. The number of unbranched alkanes of at least 4 members (excludes halogenated alkanes) is 1. The molecule has 3 atom stereocenters. The van der Waals surface area contributed by atoms with Crippen LogP contribution in [0.4, 0.5) is 70.2 Å². The Hall–Kier alpha value is -3.78. The van der Waals surface area contributed by atoms with Gasteiger partial charge in [-0.15, -0.1) is 0 Å². The lowest BCUT2D eigenvalue weighted by atomic mass is 9.89. The zero-order chi connectivity index (χ0) is 43.0. The first kappa shape index (κ1) is 45.9. The van der Waals surface area contributed by atoms with Gasteiger partial charge < -0.3 is 9.16 Å². The van der Waals surface area contributed by atoms with E-state index in [-0.39, 0.29) is 9.76 Å². The number of alkyl halides is 15. The summed E-state index contributed by atoms with van der Waals surface area (Å²) in [7, 11) is 0.0894. The van der Waals surface area contributed by atoms with E-state index in [0.717, 1.165) is 31.7 Å². The minimum atomic E-state index is -8.22. The first-order valence-corrected chi connectivity index (χ1v) is 18.4. The minimum absolute atomic E-state index is 0.0894. The third-order valence-electron chi connectivity index (χ3n) is 9.42. The van der Waals surface area contributed by atoms with Crippen LogP contribution >= 0.6 is 0 Å². The van der Waals surface area contributed by atoms with Crippen LogP contribution in [0.15, 0.2) is 48.8 Å². The van der Waals surface area contributed by atoms with Gasteiger partial charge in [-0.05, 0) is 42.5 Å². The fraction of sp³-hybridized carbons (Fsp3) is 0.556. The Morgan fingerprint density at radius 2 is 1.35 bits per heavy atom. The molecule has 3 unspecified atom stereocenters. The summed E-state index contributed by atoms with van der Waals surface area (Å²) in [6, 6.07) is 8.70. The van der Waals surface area contributed by atoms with Crippen molar-refractivity contribution in [1.82, 2.24) is 9.97 Å². The molecule has 4 rings (SSSR count). The first-order chi connectivity index (χ1) is 26.2. The third-order valence-corrected chi connectivity index (χ3v) is 10.3. The Balaban J connectivity index is 1.51. The molecular formula is C36H34F16N2O2Si. The normalized spacial score (nSPS) is 17.6. The molecule has 3 aromatic rings. The lowest BCUT2D eigenvalue weighted by Gasteiger charge is -2.40. The van der Waals surface area contributed by atoms with Gasteiger partial charge in [-0.1, -0.05) is 64.7 Å². The lowest BCUT2D eigenvalue weighted by Crippen LogP contribution is -2.70. The van der Waals surface area contributed by atoms with Gasteiger partial charge in [-0.2, -0.15) is 65.9 Å². The maximum atomic E-state index is 15.6. The highest BCUT2D eigenvalue weighted by Gasteiger charge is 2.91. The van der Waals surface area contributed by atoms with Crippen LogP contribution in [0.1, 0.15) is 64.9 Å². The molecule has 21 heteroatoms. The fourth-order valence-electron chi connectivity index (χ4n) is 6.17. The topological polar surface area (TPSA) is 44.2 Å². The third kappa shape index (κ3) is 8.67. The van der Waals surface area contributed by atoms with E-state index in [4.69, 9.17) is 4.43 Å². The second-order valence-electron chi connectivity index (χ2n) is 13.9. The number of benzene rings is 2. The number of fused-ring (bicyclic) bond motifs is 1. The van der Waals surface area contributed by atoms with E-state index in [1.807, 2.05) is 0 Å². The zero-order valence-corrected chi connectivity index (χ0v) is 31.1. The van der Waals surface area contributed by atoms with Gasteiger partial charge in [0, 0.05) is 23.5 Å². The van der Waals surface area contributed by atoms with Gasteiger partial charge in [0.05, 0.1) is 12.0 Å². The standard InChI is InChI=1S/C36H34F16N2O2Si/c1-4-5-8-19(2)15-20(3)13-14-57-56-24-10-7-6-9-22(24)21-17-53-29(54-18-21)23-11-12-25-27(28(23)37)31(40,41)26(55-25)16-30(38,39)32(42,43)33(44,45)34(46,47)35(48,49)36(50,51)52/h6-7,9-12,17-20,26H,4-5,8,13-16H2,1-3H3. The highest BCUT2D eigenvalue weighted by Crippen LogP contribution is 2.62. The maximum Gasteiger partial charge on any atom is 0.460 e. The molecule has 4 nitrogen and oxygen atoms in total. The quantitative estimate of drug-likeness (QED) is 0.0726. The summed E-state index contributed by atoms with van der Waals surface area (Å²) in [5.74, 6) is -46.6. The van der Waals surface area contributed by atoms with Crippen molar-refractivity contribution in [3.05, 3.63) is 60.2 Å². The molecule has 0 amide bonds. The Labute approximate surface area is 318 Å². The number of ether oxygens (including phenoxy) is 1. The van der Waals surface area contributed by atoms with E-state index in [1.165, 1.54) is 18.8 Å². The van der Waals surface area contributed by atoms with Crippen LogP contribution in [0.3, 0.4) is 0 Å². The van der Waals surface area contributed by atoms with E-state index >= 15 is 13.2 Å². The molecule has 0 fully saturated rings. The number of para-hydroxylation sites is 1. The predicted octanol–water partition coefficient (Wildman–Crippen LogP) is 12.6. The van der Waals surface area contributed by atoms with Gasteiger partial charge in [0.25, 0.3) is 0 Å². The Morgan fingerprint density at radius 1 is 0.772 bits per heavy atom. The SMILES string of the molecule is CCCCC(C)CC(C)CC[Si]Oc1ccccc1-c1cnc(-c2ccc3c(c2F)C(F)(F)C(CC(F)(F)C(F)(F)C(F)(F)C(F)(F)C(F)(F)C(F)(F)F)O3)nc1. The van der Waals surface area contributed by atoms with Crippen LogP contribution in [-0.2, 0) is 5.92 Å². The maximum absolute atomic E-state index is 15.6. The molecule has 57 heavy (non-hydrogen) atoms. The molecule has 0 saturated heterocycles. The molecule has 0 saturated carbocycles. The van der Waals surface area contributed by atoms with Crippen LogP contribution in [0, 0.1) is 17.7 Å². The number of nitrogens with zero attached hydrogens (tertiary/aromatic N) is 2.